The number of halogens is 1. The smallest absolute Gasteiger partial charge is 0.271 e. The number of anilines is 3. The SMILES string of the molecule is O=c1c(S(=O)(=O)c2ccc(Cl)cc2)cc2cnc(Nc3ccc(N4CCOCC4)cc3)nc2n1C1CCCCC1. The zero-order valence-electron chi connectivity index (χ0n) is 21.9. The van der Waals surface area contributed by atoms with E-state index >= 15 is 0 Å². The molecular formula is C29H30ClN5O4S. The highest BCUT2D eigenvalue weighted by atomic mass is 35.5. The third-order valence-electron chi connectivity index (χ3n) is 7.59. The summed E-state index contributed by atoms with van der Waals surface area (Å²) in [6.07, 6.45) is 6.18. The van der Waals surface area contributed by atoms with Crippen molar-refractivity contribution in [2.24, 2.45) is 0 Å². The lowest BCUT2D eigenvalue weighted by Crippen LogP contribution is -2.36. The van der Waals surface area contributed by atoms with Gasteiger partial charge in [0.1, 0.15) is 10.5 Å². The average molecular weight is 580 g/mol. The second kappa shape index (κ2) is 11.2. The van der Waals surface area contributed by atoms with Gasteiger partial charge < -0.3 is 15.0 Å². The van der Waals surface area contributed by atoms with Crippen LogP contribution in [0.15, 0.2) is 75.4 Å². The highest BCUT2D eigenvalue weighted by molar-refractivity contribution is 7.91. The number of pyridine rings is 1. The molecule has 2 aliphatic rings. The minimum Gasteiger partial charge on any atom is -0.378 e. The third kappa shape index (κ3) is 5.31. The number of ether oxygens (including phenoxy) is 1. The van der Waals surface area contributed by atoms with Crippen molar-refractivity contribution >= 4 is 49.8 Å². The van der Waals surface area contributed by atoms with Crippen LogP contribution in [0.1, 0.15) is 38.1 Å². The Bertz CT molecular complexity index is 1680. The molecule has 0 amide bonds. The van der Waals surface area contributed by atoms with E-state index in [1.54, 1.807) is 10.8 Å². The molecule has 1 aliphatic heterocycles. The number of nitrogens with zero attached hydrogens (tertiary/aromatic N) is 4. The lowest BCUT2D eigenvalue weighted by atomic mass is 9.95. The Labute approximate surface area is 237 Å². The Morgan fingerprint density at radius 2 is 1.65 bits per heavy atom. The molecule has 11 heteroatoms. The van der Waals surface area contributed by atoms with Gasteiger partial charge in [-0.25, -0.2) is 13.4 Å². The first-order chi connectivity index (χ1) is 19.4. The largest absolute Gasteiger partial charge is 0.378 e. The number of hydrogen-bond acceptors (Lipinski definition) is 8. The fourth-order valence-corrected chi connectivity index (χ4v) is 6.96. The third-order valence-corrected chi connectivity index (χ3v) is 9.61. The van der Waals surface area contributed by atoms with E-state index in [0.29, 0.717) is 22.0 Å². The van der Waals surface area contributed by atoms with Gasteiger partial charge in [-0.1, -0.05) is 30.9 Å². The Balaban J connectivity index is 1.39. The van der Waals surface area contributed by atoms with Crippen LogP contribution in [0.4, 0.5) is 17.3 Å². The number of benzene rings is 2. The first-order valence-corrected chi connectivity index (χ1v) is 15.4. The molecule has 208 valence electrons. The summed E-state index contributed by atoms with van der Waals surface area (Å²) in [5.41, 5.74) is 1.79. The van der Waals surface area contributed by atoms with Crippen molar-refractivity contribution in [3.05, 3.63) is 76.2 Å². The van der Waals surface area contributed by atoms with Crippen LogP contribution in [-0.2, 0) is 14.6 Å². The molecule has 2 fully saturated rings. The summed E-state index contributed by atoms with van der Waals surface area (Å²) in [6, 6.07) is 15.1. The van der Waals surface area contributed by atoms with Crippen LogP contribution in [0.3, 0.4) is 0 Å². The normalized spacial score (nSPS) is 16.8. The Morgan fingerprint density at radius 3 is 2.35 bits per heavy atom. The summed E-state index contributed by atoms with van der Waals surface area (Å²) in [7, 11) is -4.09. The van der Waals surface area contributed by atoms with Gasteiger partial charge >= 0.3 is 0 Å². The van der Waals surface area contributed by atoms with Gasteiger partial charge in [0.05, 0.1) is 18.1 Å². The summed E-state index contributed by atoms with van der Waals surface area (Å²) in [6.45, 7) is 3.15. The molecule has 1 saturated carbocycles. The molecule has 0 spiro atoms. The second-order valence-electron chi connectivity index (χ2n) is 10.2. The van der Waals surface area contributed by atoms with E-state index in [9.17, 15) is 13.2 Å². The lowest BCUT2D eigenvalue weighted by molar-refractivity contribution is 0.122. The molecule has 0 radical (unpaired) electrons. The topological polar surface area (TPSA) is 106 Å². The molecule has 3 heterocycles. The maximum atomic E-state index is 13.9. The van der Waals surface area contributed by atoms with Crippen LogP contribution in [0.5, 0.6) is 0 Å². The van der Waals surface area contributed by atoms with Crippen LogP contribution in [0.2, 0.25) is 5.02 Å². The molecule has 1 N–H and O–H groups in total. The first-order valence-electron chi connectivity index (χ1n) is 13.5. The molecule has 1 saturated heterocycles. The highest BCUT2D eigenvalue weighted by Crippen LogP contribution is 2.31. The predicted octanol–water partition coefficient (Wildman–Crippen LogP) is 5.36. The van der Waals surface area contributed by atoms with E-state index in [4.69, 9.17) is 21.3 Å². The fourth-order valence-electron chi connectivity index (χ4n) is 5.47. The van der Waals surface area contributed by atoms with Crippen LogP contribution < -0.4 is 15.8 Å². The van der Waals surface area contributed by atoms with Gasteiger partial charge in [-0.3, -0.25) is 9.36 Å². The molecule has 1 aliphatic carbocycles. The van der Waals surface area contributed by atoms with Crippen LogP contribution in [0, 0.1) is 0 Å². The first kappa shape index (κ1) is 26.7. The van der Waals surface area contributed by atoms with Gasteiger partial charge in [0, 0.05) is 47.1 Å². The molecule has 9 nitrogen and oxygen atoms in total. The zero-order valence-corrected chi connectivity index (χ0v) is 23.5. The van der Waals surface area contributed by atoms with E-state index in [1.807, 2.05) is 24.3 Å². The summed E-state index contributed by atoms with van der Waals surface area (Å²) in [5, 5.41) is 4.15. The van der Waals surface area contributed by atoms with Crippen molar-refractivity contribution in [1.82, 2.24) is 14.5 Å². The van der Waals surface area contributed by atoms with E-state index in [2.05, 4.69) is 15.2 Å². The van der Waals surface area contributed by atoms with Crippen LogP contribution >= 0.6 is 11.6 Å². The van der Waals surface area contributed by atoms with Crippen molar-refractivity contribution in [3.63, 3.8) is 0 Å². The number of sulfone groups is 1. The van der Waals surface area contributed by atoms with Crippen molar-refractivity contribution in [2.45, 2.75) is 47.9 Å². The summed E-state index contributed by atoms with van der Waals surface area (Å²) >= 11 is 5.97. The zero-order chi connectivity index (χ0) is 27.7. The Hall–Kier alpha value is -3.47. The van der Waals surface area contributed by atoms with Crippen LogP contribution in [-0.4, -0.2) is 49.3 Å². The van der Waals surface area contributed by atoms with Gasteiger partial charge in [0.25, 0.3) is 5.56 Å². The summed E-state index contributed by atoms with van der Waals surface area (Å²) in [5.74, 6) is 0.337. The molecule has 2 aromatic carbocycles. The quantitative estimate of drug-likeness (QED) is 0.325. The van der Waals surface area contributed by atoms with Crippen molar-refractivity contribution in [1.29, 1.82) is 0 Å². The number of rotatable bonds is 6. The molecule has 0 bridgehead atoms. The molecule has 4 aromatic rings. The predicted molar refractivity (Wildman–Crippen MR) is 156 cm³/mol. The van der Waals surface area contributed by atoms with Crippen molar-refractivity contribution in [2.75, 3.05) is 36.5 Å². The minimum absolute atomic E-state index is 0.0169. The van der Waals surface area contributed by atoms with E-state index in [1.165, 1.54) is 30.3 Å². The molecule has 40 heavy (non-hydrogen) atoms. The lowest BCUT2D eigenvalue weighted by Gasteiger charge is -2.28. The maximum absolute atomic E-state index is 13.9. The highest BCUT2D eigenvalue weighted by Gasteiger charge is 2.28. The Kier molecular flexibility index (Phi) is 7.48. The van der Waals surface area contributed by atoms with Crippen LogP contribution in [0.25, 0.3) is 11.0 Å². The number of fused-ring (bicyclic) bond motifs is 1. The maximum Gasteiger partial charge on any atom is 0.271 e. The molecule has 0 unspecified atom stereocenters. The minimum atomic E-state index is -4.09. The fraction of sp³-hybridized carbons (Fsp3) is 0.345. The van der Waals surface area contributed by atoms with Gasteiger partial charge in [0.15, 0.2) is 0 Å². The van der Waals surface area contributed by atoms with E-state index in [-0.39, 0.29) is 15.8 Å². The number of nitrogens with one attached hydrogen (secondary N) is 1. The van der Waals surface area contributed by atoms with Gasteiger partial charge in [0.2, 0.25) is 15.8 Å². The van der Waals surface area contributed by atoms with Crippen molar-refractivity contribution in [3.8, 4) is 0 Å². The number of hydrogen-bond donors (Lipinski definition) is 1. The molecule has 0 atom stereocenters. The Morgan fingerprint density at radius 1 is 0.950 bits per heavy atom. The van der Waals surface area contributed by atoms with E-state index < -0.39 is 15.4 Å². The van der Waals surface area contributed by atoms with Gasteiger partial charge in [-0.2, -0.15) is 4.98 Å². The standard InChI is InChI=1S/C29H30ClN5O4S/c30-21-6-12-25(13-7-21)40(37,38)26-18-20-19-31-29(33-27(20)35(28(26)36)24-4-2-1-3-5-24)32-22-8-10-23(11-9-22)34-14-16-39-17-15-34/h6-13,18-19,24H,1-5,14-17H2,(H,31,32,33). The van der Waals surface area contributed by atoms with E-state index in [0.717, 1.165) is 69.8 Å². The molecule has 6 rings (SSSR count). The van der Waals surface area contributed by atoms with Gasteiger partial charge in [-0.15, -0.1) is 0 Å². The summed E-state index contributed by atoms with van der Waals surface area (Å²) in [4.78, 5) is 25.1. The van der Waals surface area contributed by atoms with Crippen molar-refractivity contribution < 1.29 is 13.2 Å². The molecule has 2 aromatic heterocycles. The molecular weight excluding hydrogens is 550 g/mol. The number of aromatic nitrogens is 3. The average Bonchev–Trinajstić information content (AvgIpc) is 2.98. The second-order valence-corrected chi connectivity index (χ2v) is 12.5. The summed E-state index contributed by atoms with van der Waals surface area (Å²) < 4.78 is 34.2. The van der Waals surface area contributed by atoms with Gasteiger partial charge in [-0.05, 0) is 67.4 Å². The number of morpholine rings is 1. The monoisotopic (exact) mass is 579 g/mol.